The van der Waals surface area contributed by atoms with Gasteiger partial charge >= 0.3 is 0 Å². The first-order valence-corrected chi connectivity index (χ1v) is 6.16. The molecule has 2 aromatic rings. The lowest BCUT2D eigenvalue weighted by Crippen LogP contribution is -1.92. The van der Waals surface area contributed by atoms with Crippen LogP contribution in [0.4, 0.5) is 0 Å². The van der Waals surface area contributed by atoms with Crippen molar-refractivity contribution in [1.29, 1.82) is 0 Å². The molecule has 0 aliphatic rings. The van der Waals surface area contributed by atoms with Crippen LogP contribution in [0.1, 0.15) is 27.8 Å². The van der Waals surface area contributed by atoms with Crippen LogP contribution in [-0.4, -0.2) is 0 Å². The van der Waals surface area contributed by atoms with Crippen LogP contribution in [0.15, 0.2) is 55.6 Å². The minimum absolute atomic E-state index is 0.945. The fourth-order valence-electron chi connectivity index (χ4n) is 2.08. The molecule has 0 aliphatic heterocycles. The van der Waals surface area contributed by atoms with Crippen LogP contribution >= 0.6 is 0 Å². The topological polar surface area (TPSA) is 0 Å². The van der Waals surface area contributed by atoms with Crippen molar-refractivity contribution in [1.82, 2.24) is 0 Å². The molecule has 0 saturated carbocycles. The van der Waals surface area contributed by atoms with Gasteiger partial charge in [0, 0.05) is 0 Å². The zero-order valence-electron chi connectivity index (χ0n) is 10.8. The van der Waals surface area contributed by atoms with E-state index in [1.807, 2.05) is 12.2 Å². The largest absolute Gasteiger partial charge is 0.0985 e. The first-order chi connectivity index (χ1) is 8.72. The number of hydrogen-bond donors (Lipinski definition) is 0. The number of benzene rings is 2. The molecule has 0 atom stereocenters. The summed E-state index contributed by atoms with van der Waals surface area (Å²) in [6, 6.07) is 15.0. The summed E-state index contributed by atoms with van der Waals surface area (Å²) in [6.07, 6.45) is 4.74. The molecule has 0 radical (unpaired) electrons. The minimum atomic E-state index is 0.945. The molecule has 0 N–H and O–H groups in total. The Kier molecular flexibility index (Phi) is 3.78. The third-order valence-electron chi connectivity index (χ3n) is 3.13. The van der Waals surface area contributed by atoms with E-state index in [4.69, 9.17) is 0 Å². The van der Waals surface area contributed by atoms with E-state index in [1.54, 1.807) is 0 Å². The minimum Gasteiger partial charge on any atom is -0.0985 e. The second-order valence-corrected chi connectivity index (χ2v) is 4.53. The van der Waals surface area contributed by atoms with Gasteiger partial charge in [-0.15, -0.1) is 0 Å². The number of rotatable bonds is 4. The van der Waals surface area contributed by atoms with Crippen LogP contribution in [0.3, 0.4) is 0 Å². The SMILES string of the molecule is C=Cc1ccc(Cc2cc(C)ccc2C=C)cc1. The summed E-state index contributed by atoms with van der Waals surface area (Å²) >= 11 is 0. The molecule has 0 heteroatoms. The third kappa shape index (κ3) is 2.78. The van der Waals surface area contributed by atoms with Gasteiger partial charge in [-0.25, -0.2) is 0 Å². The van der Waals surface area contributed by atoms with Crippen molar-refractivity contribution < 1.29 is 0 Å². The maximum absolute atomic E-state index is 3.88. The van der Waals surface area contributed by atoms with E-state index in [0.717, 1.165) is 12.0 Å². The van der Waals surface area contributed by atoms with E-state index in [-0.39, 0.29) is 0 Å². The molecule has 0 fully saturated rings. The fraction of sp³-hybridized carbons (Fsp3) is 0.111. The smallest absolute Gasteiger partial charge is 0.00197 e. The molecule has 0 spiro atoms. The van der Waals surface area contributed by atoms with E-state index >= 15 is 0 Å². The average Bonchev–Trinajstić information content (AvgIpc) is 2.40. The molecule has 0 amide bonds. The summed E-state index contributed by atoms with van der Waals surface area (Å²) in [4.78, 5) is 0. The maximum Gasteiger partial charge on any atom is -0.00197 e. The first kappa shape index (κ1) is 12.4. The molecule has 0 aliphatic carbocycles. The summed E-state index contributed by atoms with van der Waals surface area (Å²) in [5.74, 6) is 0. The van der Waals surface area contributed by atoms with Gasteiger partial charge in [-0.1, -0.05) is 73.3 Å². The van der Waals surface area contributed by atoms with E-state index < -0.39 is 0 Å². The van der Waals surface area contributed by atoms with Gasteiger partial charge in [0.15, 0.2) is 0 Å². The predicted molar refractivity (Wildman–Crippen MR) is 80.6 cm³/mol. The highest BCUT2D eigenvalue weighted by molar-refractivity contribution is 5.54. The first-order valence-electron chi connectivity index (χ1n) is 6.16. The summed E-state index contributed by atoms with van der Waals surface area (Å²) in [7, 11) is 0. The zero-order chi connectivity index (χ0) is 13.0. The Morgan fingerprint density at radius 1 is 0.944 bits per heavy atom. The average molecular weight is 234 g/mol. The molecule has 0 heterocycles. The molecule has 90 valence electrons. The molecule has 0 aromatic heterocycles. The number of hydrogen-bond acceptors (Lipinski definition) is 0. The van der Waals surface area contributed by atoms with Gasteiger partial charge < -0.3 is 0 Å². The van der Waals surface area contributed by atoms with E-state index in [0.29, 0.717) is 0 Å². The van der Waals surface area contributed by atoms with Gasteiger partial charge in [-0.2, -0.15) is 0 Å². The lowest BCUT2D eigenvalue weighted by molar-refractivity contribution is 1.17. The Morgan fingerprint density at radius 2 is 1.67 bits per heavy atom. The van der Waals surface area contributed by atoms with Gasteiger partial charge in [-0.3, -0.25) is 0 Å². The Bertz CT molecular complexity index is 559. The standard InChI is InChI=1S/C18H18/c1-4-15-7-9-16(10-8-15)13-18-12-14(3)6-11-17(18)5-2/h4-12H,1-2,13H2,3H3. The van der Waals surface area contributed by atoms with Crippen LogP contribution in [0.25, 0.3) is 12.2 Å². The summed E-state index contributed by atoms with van der Waals surface area (Å²) in [5.41, 5.74) is 6.31. The zero-order valence-corrected chi connectivity index (χ0v) is 10.8. The highest BCUT2D eigenvalue weighted by atomic mass is 14.1. The molecule has 2 rings (SSSR count). The van der Waals surface area contributed by atoms with Crippen molar-refractivity contribution in [2.75, 3.05) is 0 Å². The van der Waals surface area contributed by atoms with Gasteiger partial charge in [0.25, 0.3) is 0 Å². The van der Waals surface area contributed by atoms with Gasteiger partial charge in [0.1, 0.15) is 0 Å². The van der Waals surface area contributed by atoms with Crippen molar-refractivity contribution >= 4 is 12.2 Å². The quantitative estimate of drug-likeness (QED) is 0.708. The molecule has 18 heavy (non-hydrogen) atoms. The molecule has 0 nitrogen and oxygen atoms in total. The lowest BCUT2D eigenvalue weighted by Gasteiger charge is -2.08. The highest BCUT2D eigenvalue weighted by Gasteiger charge is 2.01. The van der Waals surface area contributed by atoms with Gasteiger partial charge in [-0.05, 0) is 35.6 Å². The van der Waals surface area contributed by atoms with Crippen molar-refractivity contribution in [3.8, 4) is 0 Å². The second-order valence-electron chi connectivity index (χ2n) is 4.53. The molecular weight excluding hydrogens is 216 g/mol. The van der Waals surface area contributed by atoms with Crippen LogP contribution in [0, 0.1) is 6.92 Å². The van der Waals surface area contributed by atoms with E-state index in [9.17, 15) is 0 Å². The second kappa shape index (κ2) is 5.50. The Balaban J connectivity index is 2.29. The normalized spacial score (nSPS) is 10.1. The summed E-state index contributed by atoms with van der Waals surface area (Å²) < 4.78 is 0. The third-order valence-corrected chi connectivity index (χ3v) is 3.13. The number of aryl methyl sites for hydroxylation is 1. The molecular formula is C18H18. The Hall–Kier alpha value is -2.08. The van der Waals surface area contributed by atoms with Crippen LogP contribution in [-0.2, 0) is 6.42 Å². The van der Waals surface area contributed by atoms with Crippen LogP contribution in [0.5, 0.6) is 0 Å². The van der Waals surface area contributed by atoms with Crippen molar-refractivity contribution in [3.05, 3.63) is 83.4 Å². The molecule has 0 saturated heterocycles. The van der Waals surface area contributed by atoms with E-state index in [1.165, 1.54) is 22.3 Å². The van der Waals surface area contributed by atoms with Gasteiger partial charge in [0.2, 0.25) is 0 Å². The predicted octanol–water partition coefficient (Wildman–Crippen LogP) is 4.87. The summed E-state index contributed by atoms with van der Waals surface area (Å²) in [5, 5.41) is 0. The molecule has 0 bridgehead atoms. The highest BCUT2D eigenvalue weighted by Crippen LogP contribution is 2.18. The van der Waals surface area contributed by atoms with Crippen LogP contribution in [0.2, 0.25) is 0 Å². The van der Waals surface area contributed by atoms with Crippen molar-refractivity contribution in [3.63, 3.8) is 0 Å². The van der Waals surface area contributed by atoms with Gasteiger partial charge in [0.05, 0.1) is 0 Å². The Labute approximate surface area is 109 Å². The molecule has 2 aromatic carbocycles. The Morgan fingerprint density at radius 3 is 2.28 bits per heavy atom. The maximum atomic E-state index is 3.88. The van der Waals surface area contributed by atoms with Crippen LogP contribution < -0.4 is 0 Å². The summed E-state index contributed by atoms with van der Waals surface area (Å²) in [6.45, 7) is 9.77. The van der Waals surface area contributed by atoms with E-state index in [2.05, 4.69) is 62.5 Å². The van der Waals surface area contributed by atoms with Crippen molar-refractivity contribution in [2.45, 2.75) is 13.3 Å². The van der Waals surface area contributed by atoms with Crippen molar-refractivity contribution in [2.24, 2.45) is 0 Å². The lowest BCUT2D eigenvalue weighted by atomic mass is 9.97. The fourth-order valence-corrected chi connectivity index (χ4v) is 2.08. The monoisotopic (exact) mass is 234 g/mol. The molecule has 0 unspecified atom stereocenters.